The van der Waals surface area contributed by atoms with Gasteiger partial charge in [-0.05, 0) is 54.3 Å². The summed E-state index contributed by atoms with van der Waals surface area (Å²) in [4.78, 5) is 16.9. The van der Waals surface area contributed by atoms with E-state index in [-0.39, 0.29) is 18.6 Å². The first-order valence-corrected chi connectivity index (χ1v) is 8.93. The third kappa shape index (κ3) is 5.42. The number of carbonyl (C=O) groups excluding carboxylic acids is 1. The molecule has 0 atom stereocenters. The van der Waals surface area contributed by atoms with Crippen molar-refractivity contribution in [1.29, 1.82) is 0 Å². The van der Waals surface area contributed by atoms with Crippen LogP contribution in [0.3, 0.4) is 0 Å². The summed E-state index contributed by atoms with van der Waals surface area (Å²) in [6.45, 7) is 1.72. The zero-order valence-electron chi connectivity index (χ0n) is 15.6. The van der Waals surface area contributed by atoms with Gasteiger partial charge in [0.2, 0.25) is 0 Å². The fourth-order valence-corrected chi connectivity index (χ4v) is 2.95. The zero-order chi connectivity index (χ0) is 21.0. The molecule has 0 spiro atoms. The summed E-state index contributed by atoms with van der Waals surface area (Å²) in [5.41, 5.74) is 3.50. The van der Waals surface area contributed by atoms with Gasteiger partial charge < -0.3 is 10.4 Å². The van der Waals surface area contributed by atoms with Crippen molar-refractivity contribution in [2.75, 3.05) is 11.9 Å². The van der Waals surface area contributed by atoms with Crippen LogP contribution in [-0.4, -0.2) is 28.8 Å². The van der Waals surface area contributed by atoms with E-state index >= 15 is 0 Å². The first-order chi connectivity index (χ1) is 13.7. The molecule has 0 aliphatic heterocycles. The highest BCUT2D eigenvalue weighted by molar-refractivity contribution is 6.06. The van der Waals surface area contributed by atoms with E-state index in [4.69, 9.17) is 5.11 Å². The van der Waals surface area contributed by atoms with Crippen molar-refractivity contribution in [3.63, 3.8) is 0 Å². The second-order valence-electron chi connectivity index (χ2n) is 6.63. The van der Waals surface area contributed by atoms with Crippen LogP contribution in [0.15, 0.2) is 54.7 Å². The quantitative estimate of drug-likeness (QED) is 0.640. The van der Waals surface area contributed by atoms with Crippen LogP contribution in [0.25, 0.3) is 17.0 Å². The first kappa shape index (κ1) is 20.5. The minimum atomic E-state index is -4.38. The number of anilines is 1. The van der Waals surface area contributed by atoms with Crippen molar-refractivity contribution < 1.29 is 23.1 Å². The molecule has 0 radical (unpaired) electrons. The number of carbonyl (C=O) groups is 1. The average molecular weight is 400 g/mol. The van der Waals surface area contributed by atoms with Gasteiger partial charge >= 0.3 is 6.18 Å². The maximum Gasteiger partial charge on any atom is 0.409 e. The Morgan fingerprint density at radius 3 is 2.66 bits per heavy atom. The minimum absolute atomic E-state index is 0.0471. The van der Waals surface area contributed by atoms with Gasteiger partial charge in [-0.25, -0.2) is 0 Å². The smallest absolute Gasteiger partial charge is 0.396 e. The number of aromatic nitrogens is 1. The predicted octanol–water partition coefficient (Wildman–Crippen LogP) is 4.91. The van der Waals surface area contributed by atoms with Gasteiger partial charge in [0.05, 0.1) is 5.52 Å². The number of aliphatic hydroxyl groups is 1. The molecule has 0 aliphatic rings. The Kier molecular flexibility index (Phi) is 5.98. The fraction of sp³-hybridized carbons (Fsp3) is 0.182. The van der Waals surface area contributed by atoms with Gasteiger partial charge in [-0.3, -0.25) is 9.78 Å². The van der Waals surface area contributed by atoms with Crippen LogP contribution in [0.1, 0.15) is 27.0 Å². The predicted molar refractivity (Wildman–Crippen MR) is 107 cm³/mol. The molecule has 4 nitrogen and oxygen atoms in total. The number of amides is 1. The van der Waals surface area contributed by atoms with Gasteiger partial charge in [-0.1, -0.05) is 24.3 Å². The number of alkyl halides is 3. The number of benzene rings is 2. The normalized spacial score (nSPS) is 11.9. The van der Waals surface area contributed by atoms with Crippen molar-refractivity contribution >= 4 is 28.6 Å². The summed E-state index contributed by atoms with van der Waals surface area (Å²) in [5.74, 6) is -0.356. The van der Waals surface area contributed by atoms with Crippen LogP contribution in [0.2, 0.25) is 0 Å². The maximum atomic E-state index is 12.6. The molecule has 2 aromatic carbocycles. The van der Waals surface area contributed by atoms with Gasteiger partial charge in [0.25, 0.3) is 5.91 Å². The monoisotopic (exact) mass is 400 g/mol. The topological polar surface area (TPSA) is 62.2 Å². The Morgan fingerprint density at radius 1 is 1.17 bits per heavy atom. The fourth-order valence-electron chi connectivity index (χ4n) is 2.95. The van der Waals surface area contributed by atoms with Crippen LogP contribution < -0.4 is 5.32 Å². The number of allylic oxidation sites excluding steroid dienone is 1. The second-order valence-corrected chi connectivity index (χ2v) is 6.63. The van der Waals surface area contributed by atoms with Gasteiger partial charge in [-0.15, -0.1) is 0 Å². The van der Waals surface area contributed by atoms with Crippen LogP contribution in [0, 0.1) is 6.92 Å². The van der Waals surface area contributed by atoms with E-state index in [1.54, 1.807) is 25.3 Å². The molecule has 1 aromatic heterocycles. The lowest BCUT2D eigenvalue weighted by Gasteiger charge is -2.10. The van der Waals surface area contributed by atoms with E-state index in [1.807, 2.05) is 12.1 Å². The van der Waals surface area contributed by atoms with Crippen LogP contribution in [0.5, 0.6) is 0 Å². The number of pyridine rings is 1. The molecule has 3 rings (SSSR count). The summed E-state index contributed by atoms with van der Waals surface area (Å²) >= 11 is 0. The SMILES string of the molecule is Cc1cc(/C=C/C(F)(F)F)ccc1C(=O)Nc1ccc2cc(CCO)cnc2c1. The van der Waals surface area contributed by atoms with Crippen LogP contribution >= 0.6 is 0 Å². The number of aryl methyl sites for hydroxylation is 1. The van der Waals surface area contributed by atoms with Crippen molar-refractivity contribution in [3.05, 3.63) is 77.0 Å². The molecule has 0 fully saturated rings. The zero-order valence-corrected chi connectivity index (χ0v) is 15.6. The molecule has 7 heteroatoms. The first-order valence-electron chi connectivity index (χ1n) is 8.93. The third-order valence-corrected chi connectivity index (χ3v) is 4.36. The molecule has 0 unspecified atom stereocenters. The number of halogens is 3. The average Bonchev–Trinajstić information content (AvgIpc) is 2.66. The van der Waals surface area contributed by atoms with E-state index in [0.717, 1.165) is 17.0 Å². The minimum Gasteiger partial charge on any atom is -0.396 e. The number of fused-ring (bicyclic) bond motifs is 1. The molecule has 2 N–H and O–H groups in total. The Balaban J connectivity index is 1.77. The highest BCUT2D eigenvalue weighted by Gasteiger charge is 2.21. The largest absolute Gasteiger partial charge is 0.409 e. The Hall–Kier alpha value is -3.19. The number of rotatable bonds is 5. The van der Waals surface area contributed by atoms with E-state index in [9.17, 15) is 18.0 Å². The van der Waals surface area contributed by atoms with Crippen molar-refractivity contribution in [2.24, 2.45) is 0 Å². The molecule has 1 heterocycles. The lowest BCUT2D eigenvalue weighted by atomic mass is 10.0. The number of aliphatic hydroxyl groups excluding tert-OH is 1. The van der Waals surface area contributed by atoms with Crippen LogP contribution in [-0.2, 0) is 6.42 Å². The second kappa shape index (κ2) is 8.45. The van der Waals surface area contributed by atoms with Crippen molar-refractivity contribution in [3.8, 4) is 0 Å². The Bertz CT molecular complexity index is 1080. The molecule has 3 aromatic rings. The number of nitrogens with zero attached hydrogens (tertiary/aromatic N) is 1. The van der Waals surface area contributed by atoms with E-state index in [2.05, 4.69) is 10.3 Å². The Labute approximate surface area is 165 Å². The molecule has 0 bridgehead atoms. The van der Waals surface area contributed by atoms with Gasteiger partial charge in [0.15, 0.2) is 0 Å². The summed E-state index contributed by atoms with van der Waals surface area (Å²) in [6, 6.07) is 11.8. The van der Waals surface area contributed by atoms with Crippen molar-refractivity contribution in [2.45, 2.75) is 19.5 Å². The van der Waals surface area contributed by atoms with E-state index < -0.39 is 6.18 Å². The van der Waals surface area contributed by atoms with Gasteiger partial charge in [0, 0.05) is 35.5 Å². The number of hydrogen-bond acceptors (Lipinski definition) is 3. The van der Waals surface area contributed by atoms with E-state index in [0.29, 0.717) is 34.3 Å². The molecular weight excluding hydrogens is 381 g/mol. The summed E-state index contributed by atoms with van der Waals surface area (Å²) < 4.78 is 36.9. The van der Waals surface area contributed by atoms with Crippen LogP contribution in [0.4, 0.5) is 18.9 Å². The summed E-state index contributed by atoms with van der Waals surface area (Å²) in [7, 11) is 0. The summed E-state index contributed by atoms with van der Waals surface area (Å²) in [5, 5.41) is 12.7. The lowest BCUT2D eigenvalue weighted by Crippen LogP contribution is -2.13. The highest BCUT2D eigenvalue weighted by atomic mass is 19.4. The molecular formula is C22H19F3N2O2. The van der Waals surface area contributed by atoms with Crippen molar-refractivity contribution in [1.82, 2.24) is 4.98 Å². The molecule has 0 saturated carbocycles. The van der Waals surface area contributed by atoms with Gasteiger partial charge in [-0.2, -0.15) is 13.2 Å². The maximum absolute atomic E-state index is 12.6. The van der Waals surface area contributed by atoms with E-state index in [1.165, 1.54) is 18.2 Å². The molecule has 0 aliphatic carbocycles. The Morgan fingerprint density at radius 2 is 1.97 bits per heavy atom. The number of hydrogen-bond donors (Lipinski definition) is 2. The lowest BCUT2D eigenvalue weighted by molar-refractivity contribution is -0.0790. The number of nitrogens with one attached hydrogen (secondary N) is 1. The molecule has 29 heavy (non-hydrogen) atoms. The van der Waals surface area contributed by atoms with Gasteiger partial charge in [0.1, 0.15) is 0 Å². The molecule has 150 valence electrons. The molecule has 0 saturated heterocycles. The third-order valence-electron chi connectivity index (χ3n) is 4.36. The standard InChI is InChI=1S/C22H19F3N2O2/c1-14-10-15(6-8-22(23,24)25)2-5-19(14)21(29)27-18-4-3-17-11-16(7-9-28)13-26-20(17)12-18/h2-6,8,10-13,28H,7,9H2,1H3,(H,27,29)/b8-6+. The highest BCUT2D eigenvalue weighted by Crippen LogP contribution is 2.22. The molecule has 1 amide bonds. The summed E-state index contributed by atoms with van der Waals surface area (Å²) in [6.07, 6.45) is -1.05.